The van der Waals surface area contributed by atoms with Crippen LogP contribution in [-0.2, 0) is 17.6 Å². The third-order valence-electron chi connectivity index (χ3n) is 5.34. The van der Waals surface area contributed by atoms with Gasteiger partial charge >= 0.3 is 5.97 Å². The lowest BCUT2D eigenvalue weighted by atomic mass is 9.92. The van der Waals surface area contributed by atoms with Crippen molar-refractivity contribution in [1.82, 2.24) is 0 Å². The predicted octanol–water partition coefficient (Wildman–Crippen LogP) is 6.80. The van der Waals surface area contributed by atoms with Crippen molar-refractivity contribution in [3.63, 3.8) is 0 Å². The maximum absolute atomic E-state index is 11.7. The molecule has 3 nitrogen and oxygen atoms in total. The van der Waals surface area contributed by atoms with E-state index in [1.807, 2.05) is 6.07 Å². The summed E-state index contributed by atoms with van der Waals surface area (Å²) in [4.78, 5) is 11.7. The number of aryl methyl sites for hydroxylation is 1. The van der Waals surface area contributed by atoms with Crippen LogP contribution in [0, 0.1) is 0 Å². The Balaban J connectivity index is 2.15. The average Bonchev–Trinajstić information content (AvgIpc) is 2.68. The van der Waals surface area contributed by atoms with Crippen molar-refractivity contribution in [2.24, 2.45) is 0 Å². The van der Waals surface area contributed by atoms with Crippen LogP contribution in [0.25, 0.3) is 10.8 Å². The van der Waals surface area contributed by atoms with Crippen LogP contribution in [-0.4, -0.2) is 23.8 Å². The van der Waals surface area contributed by atoms with E-state index in [4.69, 9.17) is 4.74 Å². The number of carboxylic acids is 1. The highest BCUT2D eigenvalue weighted by atomic mass is 16.5. The van der Waals surface area contributed by atoms with Gasteiger partial charge in [0.2, 0.25) is 0 Å². The van der Waals surface area contributed by atoms with Crippen LogP contribution in [0.15, 0.2) is 30.3 Å². The SMILES string of the molecule is CCCCCCCCc1c(C(=O)O)ccc2cc(CC(C)OCCC)ccc12. The van der Waals surface area contributed by atoms with Crippen LogP contribution in [0.1, 0.15) is 87.2 Å². The molecule has 0 heterocycles. The maximum Gasteiger partial charge on any atom is 0.335 e. The summed E-state index contributed by atoms with van der Waals surface area (Å²) in [5.74, 6) is -0.825. The summed E-state index contributed by atoms with van der Waals surface area (Å²) < 4.78 is 5.80. The number of carboxylic acid groups (broad SMARTS) is 1. The second-order valence-corrected chi connectivity index (χ2v) is 7.86. The van der Waals surface area contributed by atoms with E-state index in [-0.39, 0.29) is 6.10 Å². The number of unbranched alkanes of at least 4 members (excludes halogenated alkanes) is 5. The zero-order valence-electron chi connectivity index (χ0n) is 17.8. The van der Waals surface area contributed by atoms with Crippen molar-refractivity contribution >= 4 is 16.7 Å². The van der Waals surface area contributed by atoms with Gasteiger partial charge in [0.05, 0.1) is 11.7 Å². The molecule has 2 aromatic carbocycles. The van der Waals surface area contributed by atoms with Crippen molar-refractivity contribution in [2.45, 2.75) is 84.7 Å². The number of aromatic carboxylic acids is 1. The van der Waals surface area contributed by atoms with Crippen molar-refractivity contribution in [3.8, 4) is 0 Å². The Labute approximate surface area is 170 Å². The molecule has 1 atom stereocenters. The van der Waals surface area contributed by atoms with E-state index < -0.39 is 5.97 Å². The van der Waals surface area contributed by atoms with E-state index in [0.29, 0.717) is 5.56 Å². The Hall–Kier alpha value is -1.87. The summed E-state index contributed by atoms with van der Waals surface area (Å²) in [6, 6.07) is 10.2. The fourth-order valence-electron chi connectivity index (χ4n) is 3.83. The van der Waals surface area contributed by atoms with E-state index in [9.17, 15) is 9.90 Å². The van der Waals surface area contributed by atoms with Gasteiger partial charge in [0.15, 0.2) is 0 Å². The summed E-state index contributed by atoms with van der Waals surface area (Å²) in [6.45, 7) is 7.24. The Morgan fingerprint density at radius 1 is 1.00 bits per heavy atom. The Bertz CT molecular complexity index is 751. The molecule has 28 heavy (non-hydrogen) atoms. The number of hydrogen-bond acceptors (Lipinski definition) is 2. The third kappa shape index (κ3) is 6.63. The summed E-state index contributed by atoms with van der Waals surface area (Å²) in [5, 5.41) is 11.9. The summed E-state index contributed by atoms with van der Waals surface area (Å²) in [7, 11) is 0. The summed E-state index contributed by atoms with van der Waals surface area (Å²) >= 11 is 0. The first-order chi connectivity index (χ1) is 13.6. The van der Waals surface area contributed by atoms with Gasteiger partial charge in [0, 0.05) is 6.61 Å². The number of carbonyl (C=O) groups is 1. The smallest absolute Gasteiger partial charge is 0.335 e. The van der Waals surface area contributed by atoms with Gasteiger partial charge in [-0.3, -0.25) is 0 Å². The summed E-state index contributed by atoms with van der Waals surface area (Å²) in [5.41, 5.74) is 2.68. The summed E-state index contributed by atoms with van der Waals surface area (Å²) in [6.07, 6.45) is 10.2. The lowest BCUT2D eigenvalue weighted by Gasteiger charge is -2.15. The number of fused-ring (bicyclic) bond motifs is 1. The minimum atomic E-state index is -0.825. The maximum atomic E-state index is 11.7. The molecule has 0 saturated carbocycles. The molecule has 0 fully saturated rings. The van der Waals surface area contributed by atoms with E-state index >= 15 is 0 Å². The molecule has 1 unspecified atom stereocenters. The Morgan fingerprint density at radius 3 is 2.46 bits per heavy atom. The molecule has 0 aliphatic heterocycles. The molecule has 0 aromatic heterocycles. The second kappa shape index (κ2) is 11.9. The molecule has 0 aliphatic carbocycles. The first-order valence-electron chi connectivity index (χ1n) is 11.0. The van der Waals surface area contributed by atoms with Gasteiger partial charge in [-0.2, -0.15) is 0 Å². The first kappa shape index (κ1) is 22.4. The van der Waals surface area contributed by atoms with Crippen LogP contribution < -0.4 is 0 Å². The van der Waals surface area contributed by atoms with Crippen molar-refractivity contribution in [3.05, 3.63) is 47.0 Å². The molecule has 0 radical (unpaired) electrons. The van der Waals surface area contributed by atoms with Gasteiger partial charge in [0.25, 0.3) is 0 Å². The van der Waals surface area contributed by atoms with Crippen LogP contribution in [0.4, 0.5) is 0 Å². The molecule has 3 heteroatoms. The lowest BCUT2D eigenvalue weighted by molar-refractivity contribution is 0.0669. The Kier molecular flexibility index (Phi) is 9.49. The van der Waals surface area contributed by atoms with E-state index in [1.165, 1.54) is 37.7 Å². The van der Waals surface area contributed by atoms with E-state index in [2.05, 4.69) is 39.0 Å². The van der Waals surface area contributed by atoms with Crippen molar-refractivity contribution in [2.75, 3.05) is 6.61 Å². The molecule has 2 aromatic rings. The average molecular weight is 385 g/mol. The fraction of sp³-hybridized carbons (Fsp3) is 0.560. The standard InChI is InChI=1S/C25H36O3/c1-4-6-7-8-9-10-11-23-22-14-12-20(17-19(3)28-16-5-2)18-21(22)13-15-24(23)25(26)27/h12-15,18-19H,4-11,16-17H2,1-3H3,(H,26,27). The van der Waals surface area contributed by atoms with Gasteiger partial charge in [-0.25, -0.2) is 4.79 Å². The van der Waals surface area contributed by atoms with Crippen molar-refractivity contribution in [1.29, 1.82) is 0 Å². The van der Waals surface area contributed by atoms with Crippen molar-refractivity contribution < 1.29 is 14.6 Å². The highest BCUT2D eigenvalue weighted by Gasteiger charge is 2.14. The molecule has 2 rings (SSSR count). The Morgan fingerprint density at radius 2 is 1.75 bits per heavy atom. The first-order valence-corrected chi connectivity index (χ1v) is 11.0. The van der Waals surface area contributed by atoms with Crippen LogP contribution in [0.2, 0.25) is 0 Å². The third-order valence-corrected chi connectivity index (χ3v) is 5.34. The van der Waals surface area contributed by atoms with Crippen LogP contribution in [0.3, 0.4) is 0 Å². The number of ether oxygens (including phenoxy) is 1. The molecular weight excluding hydrogens is 348 g/mol. The second-order valence-electron chi connectivity index (χ2n) is 7.86. The largest absolute Gasteiger partial charge is 0.478 e. The number of hydrogen-bond donors (Lipinski definition) is 1. The van der Waals surface area contributed by atoms with Gasteiger partial charge in [-0.1, -0.05) is 70.2 Å². The normalized spacial score (nSPS) is 12.4. The van der Waals surface area contributed by atoms with Gasteiger partial charge in [-0.05, 0) is 60.6 Å². The number of benzene rings is 2. The molecule has 0 saturated heterocycles. The minimum absolute atomic E-state index is 0.193. The van der Waals surface area contributed by atoms with E-state index in [1.54, 1.807) is 6.07 Å². The molecule has 0 amide bonds. The fourth-order valence-corrected chi connectivity index (χ4v) is 3.83. The van der Waals surface area contributed by atoms with Crippen LogP contribution in [0.5, 0.6) is 0 Å². The highest BCUT2D eigenvalue weighted by molar-refractivity contribution is 5.98. The number of rotatable bonds is 13. The molecule has 0 spiro atoms. The molecule has 0 aliphatic rings. The quantitative estimate of drug-likeness (QED) is 0.386. The lowest BCUT2D eigenvalue weighted by Crippen LogP contribution is -2.12. The van der Waals surface area contributed by atoms with Crippen LogP contribution >= 0.6 is 0 Å². The minimum Gasteiger partial charge on any atom is -0.478 e. The van der Waals surface area contributed by atoms with Gasteiger partial charge in [-0.15, -0.1) is 0 Å². The van der Waals surface area contributed by atoms with E-state index in [0.717, 1.165) is 48.6 Å². The van der Waals surface area contributed by atoms with Gasteiger partial charge in [0.1, 0.15) is 0 Å². The molecule has 1 N–H and O–H groups in total. The topological polar surface area (TPSA) is 46.5 Å². The molecule has 0 bridgehead atoms. The monoisotopic (exact) mass is 384 g/mol. The predicted molar refractivity (Wildman–Crippen MR) is 117 cm³/mol. The molecule has 154 valence electrons. The molecular formula is C25H36O3. The zero-order valence-corrected chi connectivity index (χ0v) is 17.8. The van der Waals surface area contributed by atoms with Gasteiger partial charge < -0.3 is 9.84 Å². The highest BCUT2D eigenvalue weighted by Crippen LogP contribution is 2.26. The zero-order chi connectivity index (χ0) is 20.4.